The van der Waals surface area contributed by atoms with Gasteiger partial charge in [0.2, 0.25) is 10.0 Å². The Morgan fingerprint density at radius 1 is 1.48 bits per heavy atom. The van der Waals surface area contributed by atoms with Gasteiger partial charge in [0.25, 0.3) is 0 Å². The second kappa shape index (κ2) is 7.44. The summed E-state index contributed by atoms with van der Waals surface area (Å²) in [5.41, 5.74) is -1.17. The molecule has 21 heavy (non-hydrogen) atoms. The lowest BCUT2D eigenvalue weighted by Crippen LogP contribution is -2.41. The van der Waals surface area contributed by atoms with Crippen molar-refractivity contribution in [3.63, 3.8) is 0 Å². The number of nitrogens with one attached hydrogen (secondary N) is 1. The summed E-state index contributed by atoms with van der Waals surface area (Å²) in [6, 6.07) is 3.25. The van der Waals surface area contributed by atoms with Crippen molar-refractivity contribution in [3.8, 4) is 5.75 Å². The molecule has 0 aliphatic rings. The van der Waals surface area contributed by atoms with Crippen LogP contribution in [-0.2, 0) is 10.0 Å². The van der Waals surface area contributed by atoms with Gasteiger partial charge in [-0.15, -0.1) is 0 Å². The van der Waals surface area contributed by atoms with Crippen molar-refractivity contribution in [2.45, 2.75) is 23.8 Å². The lowest BCUT2D eigenvalue weighted by Gasteiger charge is -2.23. The van der Waals surface area contributed by atoms with E-state index in [1.807, 2.05) is 6.26 Å². The maximum atomic E-state index is 13.3. The Bertz CT molecular complexity index is 576. The van der Waals surface area contributed by atoms with E-state index >= 15 is 0 Å². The number of methoxy groups -OCH3 is 1. The Morgan fingerprint density at radius 3 is 2.71 bits per heavy atom. The Labute approximate surface area is 128 Å². The van der Waals surface area contributed by atoms with Gasteiger partial charge in [0.1, 0.15) is 16.5 Å². The first-order valence-electron chi connectivity index (χ1n) is 6.26. The second-order valence-electron chi connectivity index (χ2n) is 4.86. The molecule has 1 atom stereocenters. The van der Waals surface area contributed by atoms with Crippen molar-refractivity contribution in [3.05, 3.63) is 24.0 Å². The van der Waals surface area contributed by atoms with Crippen LogP contribution in [0.25, 0.3) is 0 Å². The Balaban J connectivity index is 2.90. The van der Waals surface area contributed by atoms with Crippen LogP contribution in [-0.4, -0.2) is 44.8 Å². The maximum Gasteiger partial charge on any atom is 0.244 e. The van der Waals surface area contributed by atoms with Crippen molar-refractivity contribution >= 4 is 21.8 Å². The summed E-state index contributed by atoms with van der Waals surface area (Å²) in [4.78, 5) is -0.286. The molecule has 2 N–H and O–H groups in total. The molecule has 8 heteroatoms. The van der Waals surface area contributed by atoms with Crippen LogP contribution in [0, 0.1) is 5.82 Å². The van der Waals surface area contributed by atoms with Crippen LogP contribution >= 0.6 is 11.8 Å². The molecule has 1 rings (SSSR count). The minimum Gasteiger partial charge on any atom is -0.495 e. The van der Waals surface area contributed by atoms with E-state index in [0.29, 0.717) is 12.2 Å². The van der Waals surface area contributed by atoms with Gasteiger partial charge in [-0.25, -0.2) is 17.5 Å². The van der Waals surface area contributed by atoms with Crippen LogP contribution in [0.3, 0.4) is 0 Å². The van der Waals surface area contributed by atoms with Gasteiger partial charge in [-0.2, -0.15) is 11.8 Å². The number of halogens is 1. The highest BCUT2D eigenvalue weighted by molar-refractivity contribution is 7.98. The number of rotatable bonds is 8. The van der Waals surface area contributed by atoms with Crippen molar-refractivity contribution in [1.29, 1.82) is 0 Å². The van der Waals surface area contributed by atoms with Crippen molar-refractivity contribution in [2.24, 2.45) is 0 Å². The molecule has 0 bridgehead atoms. The van der Waals surface area contributed by atoms with Gasteiger partial charge < -0.3 is 9.84 Å². The Morgan fingerprint density at radius 2 is 2.14 bits per heavy atom. The Kier molecular flexibility index (Phi) is 6.45. The molecule has 0 spiro atoms. The zero-order valence-corrected chi connectivity index (χ0v) is 13.9. The van der Waals surface area contributed by atoms with Crippen LogP contribution in [0.2, 0.25) is 0 Å². The van der Waals surface area contributed by atoms with Crippen molar-refractivity contribution in [2.75, 3.05) is 25.7 Å². The minimum atomic E-state index is -3.97. The first-order chi connectivity index (χ1) is 9.72. The van der Waals surface area contributed by atoms with E-state index in [0.717, 1.165) is 12.1 Å². The third kappa shape index (κ3) is 5.46. The molecule has 0 aliphatic carbocycles. The smallest absolute Gasteiger partial charge is 0.244 e. The number of thioether (sulfide) groups is 1. The molecule has 1 aromatic rings. The van der Waals surface area contributed by atoms with Gasteiger partial charge in [-0.05, 0) is 43.6 Å². The molecule has 0 saturated heterocycles. The standard InChI is InChI=1S/C13H20FNO4S2/c1-13(16,6-7-20-3)9-15-21(17,18)12-8-10(14)4-5-11(12)19-2/h4-5,8,15-16H,6-7,9H2,1-3H3/t13-/m1/s1. The highest BCUT2D eigenvalue weighted by atomic mass is 32.2. The maximum absolute atomic E-state index is 13.3. The van der Waals surface area contributed by atoms with Gasteiger partial charge in [0.05, 0.1) is 12.7 Å². The number of sulfonamides is 1. The van der Waals surface area contributed by atoms with Crippen LogP contribution in [0.15, 0.2) is 23.1 Å². The fourth-order valence-corrected chi connectivity index (χ4v) is 3.58. The predicted molar refractivity (Wildman–Crippen MR) is 81.8 cm³/mol. The molecule has 120 valence electrons. The number of aliphatic hydroxyl groups is 1. The van der Waals surface area contributed by atoms with Crippen LogP contribution in [0.5, 0.6) is 5.75 Å². The summed E-state index contributed by atoms with van der Waals surface area (Å²) >= 11 is 1.56. The molecule has 0 radical (unpaired) electrons. The second-order valence-corrected chi connectivity index (χ2v) is 7.58. The molecular weight excluding hydrogens is 317 g/mol. The number of hydrogen-bond donors (Lipinski definition) is 2. The van der Waals surface area contributed by atoms with E-state index in [2.05, 4.69) is 4.72 Å². The van der Waals surface area contributed by atoms with Crippen molar-refractivity contribution in [1.82, 2.24) is 4.72 Å². The summed E-state index contributed by atoms with van der Waals surface area (Å²) < 4.78 is 44.9. The average Bonchev–Trinajstić information content (AvgIpc) is 2.43. The molecule has 0 unspecified atom stereocenters. The molecule has 0 amide bonds. The monoisotopic (exact) mass is 337 g/mol. The normalized spacial score (nSPS) is 14.7. The van der Waals surface area contributed by atoms with E-state index < -0.39 is 21.4 Å². The lowest BCUT2D eigenvalue weighted by atomic mass is 10.1. The first-order valence-corrected chi connectivity index (χ1v) is 9.14. The van der Waals surface area contributed by atoms with Gasteiger partial charge in [0, 0.05) is 6.54 Å². The summed E-state index contributed by atoms with van der Waals surface area (Å²) in [5.74, 6) is 0.0795. The molecule has 5 nitrogen and oxygen atoms in total. The highest BCUT2D eigenvalue weighted by Gasteiger charge is 2.26. The van der Waals surface area contributed by atoms with E-state index in [1.54, 1.807) is 18.7 Å². The number of ether oxygens (including phenoxy) is 1. The molecule has 0 aromatic heterocycles. The van der Waals surface area contributed by atoms with Crippen LogP contribution < -0.4 is 9.46 Å². The van der Waals surface area contributed by atoms with Crippen LogP contribution in [0.1, 0.15) is 13.3 Å². The average molecular weight is 337 g/mol. The van der Waals surface area contributed by atoms with Gasteiger partial charge >= 0.3 is 0 Å². The molecule has 0 heterocycles. The summed E-state index contributed by atoms with van der Waals surface area (Å²) in [6.45, 7) is 1.39. The Hall–Kier alpha value is -0.830. The highest BCUT2D eigenvalue weighted by Crippen LogP contribution is 2.24. The quantitative estimate of drug-likeness (QED) is 0.754. The summed E-state index contributed by atoms with van der Waals surface area (Å²) in [6.07, 6.45) is 2.34. The molecular formula is C13H20FNO4S2. The van der Waals surface area contributed by atoms with E-state index in [9.17, 15) is 17.9 Å². The van der Waals surface area contributed by atoms with Crippen LogP contribution in [0.4, 0.5) is 4.39 Å². The molecule has 1 aromatic carbocycles. The predicted octanol–water partition coefficient (Wildman–Crippen LogP) is 1.62. The largest absolute Gasteiger partial charge is 0.495 e. The van der Waals surface area contributed by atoms with Gasteiger partial charge in [0.15, 0.2) is 0 Å². The van der Waals surface area contributed by atoms with Crippen molar-refractivity contribution < 1.29 is 22.7 Å². The molecule has 0 saturated carbocycles. The van der Waals surface area contributed by atoms with E-state index in [-0.39, 0.29) is 17.2 Å². The summed E-state index contributed by atoms with van der Waals surface area (Å²) in [5, 5.41) is 10.1. The fraction of sp³-hybridized carbons (Fsp3) is 0.538. The topological polar surface area (TPSA) is 75.6 Å². The fourth-order valence-electron chi connectivity index (χ4n) is 1.60. The third-order valence-electron chi connectivity index (χ3n) is 2.90. The summed E-state index contributed by atoms with van der Waals surface area (Å²) in [7, 11) is -2.66. The molecule has 0 fully saturated rings. The van der Waals surface area contributed by atoms with Gasteiger partial charge in [-0.1, -0.05) is 0 Å². The third-order valence-corrected chi connectivity index (χ3v) is 4.94. The number of hydrogen-bond acceptors (Lipinski definition) is 5. The molecule has 0 aliphatic heterocycles. The van der Waals surface area contributed by atoms with Gasteiger partial charge in [-0.3, -0.25) is 0 Å². The lowest BCUT2D eigenvalue weighted by molar-refractivity contribution is 0.0626. The van der Waals surface area contributed by atoms with E-state index in [1.165, 1.54) is 13.2 Å². The zero-order chi connectivity index (χ0) is 16.1. The van der Waals surface area contributed by atoms with E-state index in [4.69, 9.17) is 4.74 Å². The minimum absolute atomic E-state index is 0.0488. The zero-order valence-electron chi connectivity index (χ0n) is 12.2. The SMILES string of the molecule is COc1ccc(F)cc1S(=O)(=O)NC[C@](C)(O)CCSC. The first kappa shape index (κ1) is 18.2. The number of benzene rings is 1.